The third-order valence-corrected chi connectivity index (χ3v) is 2.59. The van der Waals surface area contributed by atoms with E-state index in [1.165, 1.54) is 0 Å². The van der Waals surface area contributed by atoms with Gasteiger partial charge in [-0.15, -0.1) is 0 Å². The van der Waals surface area contributed by atoms with Crippen molar-refractivity contribution in [1.29, 1.82) is 0 Å². The highest BCUT2D eigenvalue weighted by atomic mass is 14.7. The zero-order valence-electron chi connectivity index (χ0n) is 9.01. The Bertz CT molecular complexity index is 454. The van der Waals surface area contributed by atoms with Crippen LogP contribution < -0.4 is 11.5 Å². The Balaban J connectivity index is 2.30. The topological polar surface area (TPSA) is 64.9 Å². The summed E-state index contributed by atoms with van der Waals surface area (Å²) in [6.45, 7) is 0.535. The van der Waals surface area contributed by atoms with Gasteiger partial charge in [-0.1, -0.05) is 30.3 Å². The van der Waals surface area contributed by atoms with Crippen LogP contribution in [0.5, 0.6) is 0 Å². The molecular formula is C13H15N3. The van der Waals surface area contributed by atoms with Gasteiger partial charge in [0.15, 0.2) is 0 Å². The monoisotopic (exact) mass is 213 g/mol. The first-order valence-electron chi connectivity index (χ1n) is 5.25. The van der Waals surface area contributed by atoms with Crippen molar-refractivity contribution in [3.8, 4) is 0 Å². The molecule has 0 amide bonds. The molecule has 0 radical (unpaired) electrons. The summed E-state index contributed by atoms with van der Waals surface area (Å²) < 4.78 is 0. The quantitative estimate of drug-likeness (QED) is 0.813. The van der Waals surface area contributed by atoms with Crippen molar-refractivity contribution in [1.82, 2.24) is 4.98 Å². The second-order valence-electron chi connectivity index (χ2n) is 3.71. The Labute approximate surface area is 95.1 Å². The first-order chi connectivity index (χ1) is 7.81. The summed E-state index contributed by atoms with van der Waals surface area (Å²) in [5, 5.41) is 0. The van der Waals surface area contributed by atoms with Crippen LogP contribution in [0.1, 0.15) is 22.7 Å². The minimum Gasteiger partial charge on any atom is -0.326 e. The lowest BCUT2D eigenvalue weighted by Crippen LogP contribution is -2.12. The molecular weight excluding hydrogens is 198 g/mol. The molecule has 1 aromatic carbocycles. The average Bonchev–Trinajstić information content (AvgIpc) is 2.39. The Hall–Kier alpha value is -1.71. The molecule has 1 unspecified atom stereocenters. The molecule has 0 aliphatic carbocycles. The third kappa shape index (κ3) is 2.27. The maximum absolute atomic E-state index is 6.16. The predicted octanol–water partition coefficient (Wildman–Crippen LogP) is 1.59. The second kappa shape index (κ2) is 4.88. The summed E-state index contributed by atoms with van der Waals surface area (Å²) in [6.07, 6.45) is 3.53. The summed E-state index contributed by atoms with van der Waals surface area (Å²) in [4.78, 5) is 4.07. The molecule has 2 aromatic rings. The molecule has 2 rings (SSSR count). The van der Waals surface area contributed by atoms with Crippen molar-refractivity contribution in [3.63, 3.8) is 0 Å². The summed E-state index contributed by atoms with van der Waals surface area (Å²) in [6, 6.07) is 11.8. The summed E-state index contributed by atoms with van der Waals surface area (Å²) in [7, 11) is 0. The van der Waals surface area contributed by atoms with E-state index in [-0.39, 0.29) is 6.04 Å². The van der Waals surface area contributed by atoms with E-state index in [1.54, 1.807) is 12.4 Å². The summed E-state index contributed by atoms with van der Waals surface area (Å²) >= 11 is 0. The zero-order chi connectivity index (χ0) is 11.4. The molecule has 82 valence electrons. The fraction of sp³-hybridized carbons (Fsp3) is 0.154. The highest BCUT2D eigenvalue weighted by Gasteiger charge is 2.08. The maximum atomic E-state index is 6.16. The Morgan fingerprint density at radius 3 is 2.62 bits per heavy atom. The first-order valence-corrected chi connectivity index (χ1v) is 5.25. The van der Waals surface area contributed by atoms with Crippen LogP contribution in [0, 0.1) is 0 Å². The van der Waals surface area contributed by atoms with Crippen LogP contribution in [-0.2, 0) is 6.54 Å². The van der Waals surface area contributed by atoms with Crippen LogP contribution in [0.4, 0.5) is 0 Å². The van der Waals surface area contributed by atoms with Gasteiger partial charge in [0.05, 0.1) is 6.04 Å². The van der Waals surface area contributed by atoms with Crippen molar-refractivity contribution in [2.45, 2.75) is 12.6 Å². The molecule has 0 bridgehead atoms. The van der Waals surface area contributed by atoms with Crippen LogP contribution in [0.25, 0.3) is 0 Å². The molecule has 4 N–H and O–H groups in total. The molecule has 0 aliphatic rings. The zero-order valence-corrected chi connectivity index (χ0v) is 9.01. The second-order valence-corrected chi connectivity index (χ2v) is 3.71. The lowest BCUT2D eigenvalue weighted by molar-refractivity contribution is 0.858. The number of pyridine rings is 1. The SMILES string of the molecule is NCc1cccc(C(N)c2cccnc2)c1. The van der Waals surface area contributed by atoms with Crippen molar-refractivity contribution in [2.24, 2.45) is 11.5 Å². The Morgan fingerprint density at radius 2 is 1.94 bits per heavy atom. The van der Waals surface area contributed by atoms with Crippen molar-refractivity contribution >= 4 is 0 Å². The number of benzene rings is 1. The molecule has 0 aliphatic heterocycles. The van der Waals surface area contributed by atoms with E-state index in [1.807, 2.05) is 36.4 Å². The van der Waals surface area contributed by atoms with Gasteiger partial charge in [-0.3, -0.25) is 4.98 Å². The molecule has 3 heteroatoms. The van der Waals surface area contributed by atoms with Gasteiger partial charge >= 0.3 is 0 Å². The largest absolute Gasteiger partial charge is 0.326 e. The lowest BCUT2D eigenvalue weighted by atomic mass is 9.99. The average molecular weight is 213 g/mol. The van der Waals surface area contributed by atoms with E-state index < -0.39 is 0 Å². The van der Waals surface area contributed by atoms with Gasteiger partial charge in [-0.2, -0.15) is 0 Å². The number of hydrogen-bond acceptors (Lipinski definition) is 3. The van der Waals surface area contributed by atoms with Crippen LogP contribution >= 0.6 is 0 Å². The predicted molar refractivity (Wildman–Crippen MR) is 64.6 cm³/mol. The van der Waals surface area contributed by atoms with E-state index in [9.17, 15) is 0 Å². The highest BCUT2D eigenvalue weighted by Crippen LogP contribution is 2.19. The van der Waals surface area contributed by atoms with Crippen molar-refractivity contribution in [2.75, 3.05) is 0 Å². The van der Waals surface area contributed by atoms with E-state index >= 15 is 0 Å². The number of nitrogens with two attached hydrogens (primary N) is 2. The Morgan fingerprint density at radius 1 is 1.12 bits per heavy atom. The molecule has 0 spiro atoms. The number of rotatable bonds is 3. The van der Waals surface area contributed by atoms with Crippen molar-refractivity contribution < 1.29 is 0 Å². The van der Waals surface area contributed by atoms with Gasteiger partial charge in [0.2, 0.25) is 0 Å². The Kier molecular flexibility index (Phi) is 3.29. The van der Waals surface area contributed by atoms with Gasteiger partial charge in [-0.05, 0) is 22.8 Å². The molecule has 3 nitrogen and oxygen atoms in total. The molecule has 0 saturated heterocycles. The van der Waals surface area contributed by atoms with Gasteiger partial charge < -0.3 is 11.5 Å². The minimum atomic E-state index is -0.139. The number of hydrogen-bond donors (Lipinski definition) is 2. The van der Waals surface area contributed by atoms with Gasteiger partial charge in [0.25, 0.3) is 0 Å². The third-order valence-electron chi connectivity index (χ3n) is 2.59. The van der Waals surface area contributed by atoms with Gasteiger partial charge in [0, 0.05) is 18.9 Å². The maximum Gasteiger partial charge on any atom is 0.0567 e. The van der Waals surface area contributed by atoms with Crippen LogP contribution in [0.3, 0.4) is 0 Å². The highest BCUT2D eigenvalue weighted by molar-refractivity contribution is 5.32. The van der Waals surface area contributed by atoms with Gasteiger partial charge in [0.1, 0.15) is 0 Å². The summed E-state index contributed by atoms with van der Waals surface area (Å²) in [5.41, 5.74) is 14.9. The molecule has 0 saturated carbocycles. The van der Waals surface area contributed by atoms with E-state index in [2.05, 4.69) is 4.98 Å². The standard InChI is InChI=1S/C13H15N3/c14-8-10-3-1-4-11(7-10)13(15)12-5-2-6-16-9-12/h1-7,9,13H,8,14-15H2. The smallest absolute Gasteiger partial charge is 0.0567 e. The fourth-order valence-corrected chi connectivity index (χ4v) is 1.67. The van der Waals surface area contributed by atoms with E-state index in [0.717, 1.165) is 16.7 Å². The summed E-state index contributed by atoms with van der Waals surface area (Å²) in [5.74, 6) is 0. The molecule has 16 heavy (non-hydrogen) atoms. The fourth-order valence-electron chi connectivity index (χ4n) is 1.67. The normalized spacial score (nSPS) is 12.4. The molecule has 1 heterocycles. The molecule has 1 atom stereocenters. The van der Waals surface area contributed by atoms with E-state index in [0.29, 0.717) is 6.54 Å². The van der Waals surface area contributed by atoms with Crippen LogP contribution in [0.15, 0.2) is 48.8 Å². The minimum absolute atomic E-state index is 0.139. The van der Waals surface area contributed by atoms with Gasteiger partial charge in [-0.25, -0.2) is 0 Å². The lowest BCUT2D eigenvalue weighted by Gasteiger charge is -2.12. The van der Waals surface area contributed by atoms with E-state index in [4.69, 9.17) is 11.5 Å². The van der Waals surface area contributed by atoms with Crippen LogP contribution in [0.2, 0.25) is 0 Å². The number of aromatic nitrogens is 1. The van der Waals surface area contributed by atoms with Crippen LogP contribution in [-0.4, -0.2) is 4.98 Å². The first kappa shape index (κ1) is 10.8. The molecule has 1 aromatic heterocycles. The number of nitrogens with zero attached hydrogens (tertiary/aromatic N) is 1. The molecule has 0 fully saturated rings. The van der Waals surface area contributed by atoms with Crippen molar-refractivity contribution in [3.05, 3.63) is 65.5 Å².